The van der Waals surface area contributed by atoms with Gasteiger partial charge in [-0.3, -0.25) is 4.79 Å². The van der Waals surface area contributed by atoms with Gasteiger partial charge in [0.1, 0.15) is 5.82 Å². The molecular weight excluding hydrogens is 402 g/mol. The maximum Gasteiger partial charge on any atom is 0.237 e. The lowest BCUT2D eigenvalue weighted by molar-refractivity contribution is -0.123. The van der Waals surface area contributed by atoms with Crippen molar-refractivity contribution in [3.8, 4) is 17.9 Å². The molecule has 0 aliphatic rings. The molecule has 0 saturated heterocycles. The maximum atomic E-state index is 11.9. The normalized spacial score (nSPS) is 10.9. The number of carbonyl (C=O) groups is 1. The average Bonchev–Trinajstić information content (AvgIpc) is 2.82. The van der Waals surface area contributed by atoms with Crippen molar-refractivity contribution in [3.05, 3.63) is 41.6 Å². The number of likely N-dealkylation sites (N-methyl/N-ethyl adjacent to an activating group) is 1. The van der Waals surface area contributed by atoms with Crippen molar-refractivity contribution < 1.29 is 4.79 Å². The van der Waals surface area contributed by atoms with Gasteiger partial charge in [0, 0.05) is 25.2 Å². The summed E-state index contributed by atoms with van der Waals surface area (Å²) >= 11 is 0. The second kappa shape index (κ2) is 13.6. The number of nitrogens with zero attached hydrogens (tertiary/aromatic N) is 3. The predicted octanol–water partition coefficient (Wildman–Crippen LogP) is 3.16. The van der Waals surface area contributed by atoms with E-state index in [4.69, 9.17) is 5.26 Å². The van der Waals surface area contributed by atoms with Crippen LogP contribution in [0.1, 0.15) is 50.7 Å². The largest absolute Gasteiger partial charge is 0.369 e. The first-order chi connectivity index (χ1) is 15.6. The highest BCUT2D eigenvalue weighted by Gasteiger charge is 2.12. The highest BCUT2D eigenvalue weighted by Crippen LogP contribution is 2.17. The van der Waals surface area contributed by atoms with Crippen molar-refractivity contribution in [1.82, 2.24) is 20.6 Å². The third-order valence-electron chi connectivity index (χ3n) is 4.68. The van der Waals surface area contributed by atoms with Crippen LogP contribution in [0.3, 0.4) is 0 Å². The van der Waals surface area contributed by atoms with Gasteiger partial charge in [0.15, 0.2) is 0 Å². The Morgan fingerprint density at radius 2 is 1.97 bits per heavy atom. The van der Waals surface area contributed by atoms with Crippen molar-refractivity contribution in [1.29, 1.82) is 5.26 Å². The van der Waals surface area contributed by atoms with Gasteiger partial charge in [-0.1, -0.05) is 25.7 Å². The Hall–Kier alpha value is -3.62. The molecule has 0 aliphatic carbocycles. The van der Waals surface area contributed by atoms with Crippen LogP contribution in [-0.2, 0) is 4.79 Å². The summed E-state index contributed by atoms with van der Waals surface area (Å²) in [5.41, 5.74) is 2.13. The predicted molar refractivity (Wildman–Crippen MR) is 128 cm³/mol. The molecule has 8 nitrogen and oxygen atoms in total. The van der Waals surface area contributed by atoms with E-state index in [1.807, 2.05) is 19.1 Å². The number of nitriles is 1. The molecule has 0 unspecified atom stereocenters. The smallest absolute Gasteiger partial charge is 0.237 e. The van der Waals surface area contributed by atoms with Crippen LogP contribution in [0.4, 0.5) is 17.5 Å². The number of amides is 1. The Morgan fingerprint density at radius 1 is 1.19 bits per heavy atom. The zero-order valence-electron chi connectivity index (χ0n) is 19.0. The van der Waals surface area contributed by atoms with E-state index in [2.05, 4.69) is 56.1 Å². The molecule has 0 bridgehead atoms. The number of aromatic nitrogens is 2. The van der Waals surface area contributed by atoms with Crippen molar-refractivity contribution in [2.24, 2.45) is 0 Å². The fourth-order valence-electron chi connectivity index (χ4n) is 2.86. The topological polar surface area (TPSA) is 115 Å². The standard InChI is InChI=1S/C24H31N7O/c1-4-14-27-22-19(9-7-6-8-15-28-23(32)21(5-2)26-3)17-29-24(31-22)30-20-12-10-18(16-25)11-13-20/h10-13,17,21,26H,4-6,8,14-15H2,1-3H3,(H,28,32)(H2,27,29,30,31)/t21-/m0/s1. The highest BCUT2D eigenvalue weighted by atomic mass is 16.2. The van der Waals surface area contributed by atoms with Crippen molar-refractivity contribution >= 4 is 23.4 Å². The molecule has 1 amide bonds. The van der Waals surface area contributed by atoms with Gasteiger partial charge in [-0.2, -0.15) is 10.2 Å². The van der Waals surface area contributed by atoms with Crippen LogP contribution in [0.15, 0.2) is 30.5 Å². The van der Waals surface area contributed by atoms with E-state index in [9.17, 15) is 4.79 Å². The number of hydrogen-bond donors (Lipinski definition) is 4. The molecular formula is C24H31N7O. The Labute approximate surface area is 190 Å². The highest BCUT2D eigenvalue weighted by molar-refractivity contribution is 5.81. The minimum Gasteiger partial charge on any atom is -0.369 e. The summed E-state index contributed by atoms with van der Waals surface area (Å²) in [6.07, 6.45) is 4.85. The van der Waals surface area contributed by atoms with Gasteiger partial charge in [-0.15, -0.1) is 0 Å². The lowest BCUT2D eigenvalue weighted by atomic mass is 10.2. The molecule has 168 valence electrons. The van der Waals surface area contributed by atoms with Crippen LogP contribution in [0.2, 0.25) is 0 Å². The van der Waals surface area contributed by atoms with Crippen LogP contribution in [-0.4, -0.2) is 42.1 Å². The number of anilines is 3. The Balaban J connectivity index is 1.97. The van der Waals surface area contributed by atoms with E-state index in [-0.39, 0.29) is 11.9 Å². The summed E-state index contributed by atoms with van der Waals surface area (Å²) in [4.78, 5) is 20.9. The van der Waals surface area contributed by atoms with E-state index < -0.39 is 0 Å². The van der Waals surface area contributed by atoms with Crippen LogP contribution in [0, 0.1) is 23.2 Å². The average molecular weight is 434 g/mol. The van der Waals surface area contributed by atoms with Crippen LogP contribution in [0.25, 0.3) is 0 Å². The van der Waals surface area contributed by atoms with Gasteiger partial charge in [0.05, 0.1) is 29.4 Å². The fraction of sp³-hybridized carbons (Fsp3) is 0.417. The second-order valence-corrected chi connectivity index (χ2v) is 7.14. The summed E-state index contributed by atoms with van der Waals surface area (Å²) in [5, 5.41) is 21.3. The maximum absolute atomic E-state index is 11.9. The zero-order chi connectivity index (χ0) is 23.2. The number of rotatable bonds is 11. The summed E-state index contributed by atoms with van der Waals surface area (Å²) < 4.78 is 0. The molecule has 1 atom stereocenters. The molecule has 0 spiro atoms. The van der Waals surface area contributed by atoms with E-state index in [0.29, 0.717) is 30.3 Å². The Morgan fingerprint density at radius 3 is 2.62 bits per heavy atom. The number of benzene rings is 1. The van der Waals surface area contributed by atoms with E-state index in [0.717, 1.165) is 37.1 Å². The number of hydrogen-bond acceptors (Lipinski definition) is 7. The molecule has 2 rings (SSSR count). The monoisotopic (exact) mass is 433 g/mol. The third-order valence-corrected chi connectivity index (χ3v) is 4.68. The lowest BCUT2D eigenvalue weighted by Crippen LogP contribution is -2.42. The first-order valence-corrected chi connectivity index (χ1v) is 10.9. The van der Waals surface area contributed by atoms with E-state index in [1.54, 1.807) is 25.4 Å². The molecule has 32 heavy (non-hydrogen) atoms. The Kier molecular flexibility index (Phi) is 10.5. The number of carbonyl (C=O) groups excluding carboxylic acids is 1. The van der Waals surface area contributed by atoms with Gasteiger partial charge in [0.2, 0.25) is 11.9 Å². The molecule has 0 aliphatic heterocycles. The summed E-state index contributed by atoms with van der Waals surface area (Å²) in [7, 11) is 1.79. The van der Waals surface area contributed by atoms with Crippen molar-refractivity contribution in [2.45, 2.75) is 45.6 Å². The van der Waals surface area contributed by atoms with E-state index in [1.165, 1.54) is 0 Å². The van der Waals surface area contributed by atoms with Crippen LogP contribution >= 0.6 is 0 Å². The van der Waals surface area contributed by atoms with Gasteiger partial charge in [-0.05, 0) is 50.6 Å². The van der Waals surface area contributed by atoms with Crippen LogP contribution in [0.5, 0.6) is 0 Å². The minimum atomic E-state index is -0.151. The minimum absolute atomic E-state index is 0.0211. The molecule has 2 aromatic rings. The Bertz CT molecular complexity index is 967. The molecule has 0 radical (unpaired) electrons. The molecule has 1 aromatic heterocycles. The second-order valence-electron chi connectivity index (χ2n) is 7.14. The molecule has 0 fully saturated rings. The molecule has 4 N–H and O–H groups in total. The SMILES string of the molecule is CCCNc1nc(Nc2ccc(C#N)cc2)ncc1C#CCCCNC(=O)[C@H](CC)NC. The summed E-state index contributed by atoms with van der Waals surface area (Å²) in [6.45, 7) is 5.43. The molecule has 1 aromatic carbocycles. The lowest BCUT2D eigenvalue weighted by Gasteiger charge is -2.13. The van der Waals surface area contributed by atoms with E-state index >= 15 is 0 Å². The fourth-order valence-corrected chi connectivity index (χ4v) is 2.86. The first kappa shape index (κ1) is 24.6. The van der Waals surface area contributed by atoms with Gasteiger partial charge in [-0.25, -0.2) is 4.98 Å². The molecule has 1 heterocycles. The van der Waals surface area contributed by atoms with Crippen molar-refractivity contribution in [2.75, 3.05) is 30.8 Å². The number of unbranched alkanes of at least 4 members (excludes halogenated alkanes) is 1. The van der Waals surface area contributed by atoms with Gasteiger partial charge < -0.3 is 21.3 Å². The number of nitrogens with one attached hydrogen (secondary N) is 4. The van der Waals surface area contributed by atoms with Gasteiger partial charge in [0.25, 0.3) is 0 Å². The van der Waals surface area contributed by atoms with Gasteiger partial charge >= 0.3 is 0 Å². The quantitative estimate of drug-likeness (QED) is 0.318. The van der Waals surface area contributed by atoms with Crippen molar-refractivity contribution in [3.63, 3.8) is 0 Å². The zero-order valence-corrected chi connectivity index (χ0v) is 19.0. The summed E-state index contributed by atoms with van der Waals surface area (Å²) in [6, 6.07) is 9.05. The molecule has 8 heteroatoms. The van der Waals surface area contributed by atoms with Crippen LogP contribution < -0.4 is 21.3 Å². The first-order valence-electron chi connectivity index (χ1n) is 10.9. The summed E-state index contributed by atoms with van der Waals surface area (Å²) in [5.74, 6) is 7.43. The third kappa shape index (κ3) is 7.90. The molecule has 0 saturated carbocycles.